The molecular weight excluding hydrogens is 902 g/mol. The first-order valence-electron chi connectivity index (χ1n) is 25.0. The zero-order valence-corrected chi connectivity index (χ0v) is 39.7. The lowest BCUT2D eigenvalue weighted by Crippen LogP contribution is -2.59. The van der Waals surface area contributed by atoms with Crippen molar-refractivity contribution in [3.63, 3.8) is 0 Å². The maximum atomic E-state index is 6.12. The van der Waals surface area contributed by atoms with Gasteiger partial charge in [-0.2, -0.15) is 0 Å². The Kier molecular flexibility index (Phi) is 8.59. The first kappa shape index (κ1) is 40.9. The molecule has 0 saturated carbocycles. The number of fused-ring (bicyclic) bond motifs is 10. The number of hydrogen-bond acceptors (Lipinski definition) is 7. The van der Waals surface area contributed by atoms with Crippen molar-refractivity contribution in [2.24, 2.45) is 0 Å². The number of rotatable bonds is 9. The fraction of sp³-hybridized carbons (Fsp3) is 0.0952. The fourth-order valence-electron chi connectivity index (χ4n) is 11.8. The Hall–Kier alpha value is -8.83. The van der Waals surface area contributed by atoms with Crippen molar-refractivity contribution in [3.8, 4) is 79.3 Å². The Morgan fingerprint density at radius 1 is 0.425 bits per heavy atom. The molecule has 0 radical (unpaired) electrons. The van der Waals surface area contributed by atoms with Gasteiger partial charge in [0.2, 0.25) is 12.6 Å². The van der Waals surface area contributed by atoms with E-state index >= 15 is 0 Å². The maximum absolute atomic E-state index is 6.12. The predicted molar refractivity (Wildman–Crippen MR) is 290 cm³/mol. The highest BCUT2D eigenvalue weighted by atomic mass is 16.8. The van der Waals surface area contributed by atoms with Crippen LogP contribution in [0.25, 0.3) is 111 Å². The van der Waals surface area contributed by atoms with Crippen LogP contribution in [-0.4, -0.2) is 55.6 Å². The second kappa shape index (κ2) is 15.3. The summed E-state index contributed by atoms with van der Waals surface area (Å²) in [6.07, 6.45) is -0.190. The zero-order chi connectivity index (χ0) is 48.1. The molecule has 3 aromatic heterocycles. The van der Waals surface area contributed by atoms with Crippen LogP contribution in [0.1, 0.15) is 13.8 Å². The lowest BCUT2D eigenvalue weighted by Gasteiger charge is -2.34. The number of benzene rings is 9. The van der Waals surface area contributed by atoms with Crippen LogP contribution in [0.2, 0.25) is 0 Å². The molecule has 9 aromatic carbocycles. The minimum Gasteiger partial charge on any atom is -0.462 e. The van der Waals surface area contributed by atoms with E-state index in [4.69, 9.17) is 33.9 Å². The molecule has 0 amide bonds. The first-order chi connectivity index (χ1) is 36.0. The van der Waals surface area contributed by atoms with E-state index in [1.54, 1.807) is 0 Å². The molecule has 346 valence electrons. The Labute approximate surface area is 419 Å². The summed E-state index contributed by atoms with van der Waals surface area (Å²) >= 11 is 0. The van der Waals surface area contributed by atoms with Gasteiger partial charge in [-0.15, -0.1) is 0 Å². The van der Waals surface area contributed by atoms with Gasteiger partial charge >= 0.3 is 0 Å². The monoisotopic (exact) mass is 943 g/mol. The van der Waals surface area contributed by atoms with Gasteiger partial charge in [0.1, 0.15) is 23.7 Å². The average molecular weight is 944 g/mol. The van der Waals surface area contributed by atoms with Crippen LogP contribution < -0.4 is 25.9 Å². The highest BCUT2D eigenvalue weighted by Crippen LogP contribution is 2.45. The number of nitrogens with zero attached hydrogens (tertiary/aromatic N) is 5. The molecule has 10 heteroatoms. The second-order valence-corrected chi connectivity index (χ2v) is 19.7. The summed E-state index contributed by atoms with van der Waals surface area (Å²) in [6.45, 7) is 3.95. The van der Waals surface area contributed by atoms with Gasteiger partial charge in [0.05, 0.1) is 11.0 Å². The molecule has 16 rings (SSSR count). The molecule has 4 aliphatic rings. The molecule has 2 saturated heterocycles. The third-order valence-electron chi connectivity index (χ3n) is 15.3. The topological polar surface area (TPSA) is 92.1 Å². The molecule has 0 N–H and O–H groups in total. The van der Waals surface area contributed by atoms with Crippen molar-refractivity contribution in [1.82, 2.24) is 24.1 Å². The third kappa shape index (κ3) is 6.21. The first-order valence-corrected chi connectivity index (χ1v) is 25.0. The van der Waals surface area contributed by atoms with Gasteiger partial charge in [-0.1, -0.05) is 146 Å². The smallest absolute Gasteiger partial charge is 0.252 e. The summed E-state index contributed by atoms with van der Waals surface area (Å²) in [5, 5.41) is 4.80. The fourth-order valence-corrected chi connectivity index (χ4v) is 11.8. The van der Waals surface area contributed by atoms with Crippen molar-refractivity contribution in [2.75, 3.05) is 0 Å². The predicted octanol–water partition coefficient (Wildman–Crippen LogP) is 11.8. The summed E-state index contributed by atoms with van der Waals surface area (Å²) in [5.41, 5.74) is 17.9. The number of para-hydroxylation sites is 2. The quantitative estimate of drug-likeness (QED) is 0.105. The number of ether oxygens (including phenoxy) is 4. The summed E-state index contributed by atoms with van der Waals surface area (Å²) in [6, 6.07) is 69.2. The SMILES string of the molecule is CC1OC1Oc1ccc(-c2ccc3c4c2c2ccccc2n4-c2cc(-c4nc(-c5ccccc5)nc(-c5ccccc5)n4)cc4c2B3c2ccc(-c3ccc(OC5OC5C)cc3)c3c5ccccc5n-4c23)cc1. The molecule has 4 unspecified atom stereocenters. The minimum atomic E-state index is -0.198. The normalized spacial score (nSPS) is 17.9. The van der Waals surface area contributed by atoms with Gasteiger partial charge in [0.25, 0.3) is 6.71 Å². The summed E-state index contributed by atoms with van der Waals surface area (Å²) in [5.74, 6) is 3.43. The Balaban J connectivity index is 0.992. The molecule has 73 heavy (non-hydrogen) atoms. The lowest BCUT2D eigenvalue weighted by atomic mass is 9.34. The van der Waals surface area contributed by atoms with Crippen LogP contribution in [0.5, 0.6) is 11.5 Å². The lowest BCUT2D eigenvalue weighted by molar-refractivity contribution is 0.178. The van der Waals surface area contributed by atoms with E-state index in [9.17, 15) is 0 Å². The van der Waals surface area contributed by atoms with E-state index in [0.29, 0.717) is 17.5 Å². The molecule has 0 spiro atoms. The highest BCUT2D eigenvalue weighted by Gasteiger charge is 2.43. The molecule has 9 nitrogen and oxygen atoms in total. The Morgan fingerprint density at radius 2 is 0.822 bits per heavy atom. The van der Waals surface area contributed by atoms with E-state index < -0.39 is 0 Å². The largest absolute Gasteiger partial charge is 0.462 e. The average Bonchev–Trinajstić information content (AvgIpc) is 4.26. The number of epoxide rings is 2. The van der Waals surface area contributed by atoms with Gasteiger partial charge in [-0.05, 0) is 101 Å². The zero-order valence-electron chi connectivity index (χ0n) is 39.7. The Morgan fingerprint density at radius 3 is 1.25 bits per heavy atom. The van der Waals surface area contributed by atoms with E-state index in [0.717, 1.165) is 72.9 Å². The van der Waals surface area contributed by atoms with Gasteiger partial charge in [-0.3, -0.25) is 0 Å². The van der Waals surface area contributed by atoms with E-state index in [1.165, 1.54) is 49.0 Å². The molecular formula is C63H42BN5O4. The molecule has 7 heterocycles. The number of hydrogen-bond donors (Lipinski definition) is 0. The van der Waals surface area contributed by atoms with Crippen LogP contribution >= 0.6 is 0 Å². The van der Waals surface area contributed by atoms with E-state index in [-0.39, 0.29) is 31.5 Å². The molecule has 0 aliphatic carbocycles. The van der Waals surface area contributed by atoms with Gasteiger partial charge in [0.15, 0.2) is 17.5 Å². The second-order valence-electron chi connectivity index (χ2n) is 19.7. The van der Waals surface area contributed by atoms with Crippen molar-refractivity contribution in [1.29, 1.82) is 0 Å². The minimum absolute atomic E-state index is 0.103. The molecule has 12 aromatic rings. The van der Waals surface area contributed by atoms with Gasteiger partial charge in [-0.25, -0.2) is 15.0 Å². The van der Waals surface area contributed by atoms with Crippen molar-refractivity contribution in [2.45, 2.75) is 38.6 Å². The van der Waals surface area contributed by atoms with E-state index in [1.807, 2.05) is 50.2 Å². The summed E-state index contributed by atoms with van der Waals surface area (Å²) in [4.78, 5) is 15.8. The van der Waals surface area contributed by atoms with E-state index in [2.05, 4.69) is 167 Å². The van der Waals surface area contributed by atoms with Crippen LogP contribution in [-0.2, 0) is 9.47 Å². The summed E-state index contributed by atoms with van der Waals surface area (Å²) < 4.78 is 28.5. The molecule has 2 fully saturated rings. The van der Waals surface area contributed by atoms with Crippen LogP contribution in [0.4, 0.5) is 0 Å². The maximum Gasteiger partial charge on any atom is 0.252 e. The van der Waals surface area contributed by atoms with Gasteiger partial charge in [0, 0.05) is 60.6 Å². The number of aromatic nitrogens is 5. The van der Waals surface area contributed by atoms with Crippen LogP contribution in [0, 0.1) is 0 Å². The van der Waals surface area contributed by atoms with Gasteiger partial charge < -0.3 is 28.1 Å². The molecule has 4 atom stereocenters. The van der Waals surface area contributed by atoms with Crippen molar-refractivity contribution < 1.29 is 18.9 Å². The highest BCUT2D eigenvalue weighted by molar-refractivity contribution is 7.00. The van der Waals surface area contributed by atoms with Crippen molar-refractivity contribution in [3.05, 3.63) is 194 Å². The van der Waals surface area contributed by atoms with Crippen LogP contribution in [0.3, 0.4) is 0 Å². The summed E-state index contributed by atoms with van der Waals surface area (Å²) in [7, 11) is 0. The van der Waals surface area contributed by atoms with Crippen molar-refractivity contribution >= 4 is 66.7 Å². The van der Waals surface area contributed by atoms with Crippen LogP contribution in [0.15, 0.2) is 194 Å². The standard InChI is InChI=1S/C63H42BN5O4/c1-35-62(70-35)72-42-25-21-37(22-26-42)44-29-31-48-57-54(44)46-17-9-11-19-50(46)68(57)52-33-41(61-66-59(39-13-5-3-6-14-39)65-60(67-61)40-15-7-4-8-16-40)34-53-56(52)64(48)49-32-30-45(38-23-27-43(28-24-38)73-63-36(2)71-63)55-47-18-10-12-20-51(47)69(53)58(49)55/h3-36,62-63H,1-2H3. The Bertz CT molecular complexity index is 4000. The molecule has 0 bridgehead atoms. The third-order valence-corrected chi connectivity index (χ3v) is 15.3. The molecule has 4 aliphatic heterocycles.